The Morgan fingerprint density at radius 1 is 1.27 bits per heavy atom. The van der Waals surface area contributed by atoms with Crippen LogP contribution in [0.15, 0.2) is 42.7 Å². The van der Waals surface area contributed by atoms with E-state index in [0.29, 0.717) is 5.75 Å². The highest BCUT2D eigenvalue weighted by Gasteiger charge is 2.14. The molecule has 0 spiro atoms. The van der Waals surface area contributed by atoms with Crippen LogP contribution in [0, 0.1) is 0 Å². The van der Waals surface area contributed by atoms with E-state index in [4.69, 9.17) is 4.74 Å². The van der Waals surface area contributed by atoms with Gasteiger partial charge in [-0.25, -0.2) is 4.98 Å². The summed E-state index contributed by atoms with van der Waals surface area (Å²) in [7, 11) is 3.53. The Balaban J connectivity index is 2.00. The van der Waals surface area contributed by atoms with Gasteiger partial charge >= 0.3 is 0 Å². The van der Waals surface area contributed by atoms with Crippen LogP contribution >= 0.6 is 0 Å². The van der Waals surface area contributed by atoms with Gasteiger partial charge in [0, 0.05) is 47.5 Å². The Bertz CT molecular complexity index is 965. The zero-order chi connectivity index (χ0) is 15.3. The van der Waals surface area contributed by atoms with Crippen LogP contribution in [0.4, 0.5) is 0 Å². The molecule has 0 bridgehead atoms. The summed E-state index contributed by atoms with van der Waals surface area (Å²) in [4.78, 5) is 7.66. The molecule has 22 heavy (non-hydrogen) atoms. The molecule has 0 fully saturated rings. The number of pyridine rings is 1. The van der Waals surface area contributed by atoms with Gasteiger partial charge in [-0.2, -0.15) is 0 Å². The third kappa shape index (κ3) is 1.75. The van der Waals surface area contributed by atoms with Crippen LogP contribution < -0.4 is 4.74 Å². The van der Waals surface area contributed by atoms with Gasteiger partial charge in [-0.1, -0.05) is 0 Å². The standard InChI is InChI=1S/C17H15N3O2/c1-20-9-12(11-7-15(21)16(22-2)8-14(11)20)13-6-10-4-3-5-18-17(10)19-13/h3-9,21H,1-2H3,(H,18,19). The maximum Gasteiger partial charge on any atom is 0.162 e. The van der Waals surface area contributed by atoms with Crippen molar-refractivity contribution in [3.8, 4) is 22.8 Å². The van der Waals surface area contributed by atoms with Crippen molar-refractivity contribution in [3.63, 3.8) is 0 Å². The van der Waals surface area contributed by atoms with Crippen LogP contribution in [-0.2, 0) is 7.05 Å². The highest BCUT2D eigenvalue weighted by Crippen LogP contribution is 2.37. The molecule has 0 unspecified atom stereocenters. The number of aromatic amines is 1. The Kier molecular flexibility index (Phi) is 2.63. The zero-order valence-electron chi connectivity index (χ0n) is 12.3. The van der Waals surface area contributed by atoms with Crippen LogP contribution in [-0.4, -0.2) is 26.8 Å². The third-order valence-corrected chi connectivity index (χ3v) is 3.97. The molecule has 4 aromatic rings. The minimum Gasteiger partial charge on any atom is -0.504 e. The first-order valence-electron chi connectivity index (χ1n) is 6.97. The smallest absolute Gasteiger partial charge is 0.162 e. The monoisotopic (exact) mass is 293 g/mol. The summed E-state index contributed by atoms with van der Waals surface area (Å²) >= 11 is 0. The van der Waals surface area contributed by atoms with E-state index < -0.39 is 0 Å². The number of benzene rings is 1. The number of fused-ring (bicyclic) bond motifs is 2. The molecule has 0 amide bonds. The van der Waals surface area contributed by atoms with Gasteiger partial charge < -0.3 is 19.4 Å². The van der Waals surface area contributed by atoms with Gasteiger partial charge in [-0.05, 0) is 24.3 Å². The number of hydrogen-bond donors (Lipinski definition) is 2. The predicted molar refractivity (Wildman–Crippen MR) is 86.2 cm³/mol. The summed E-state index contributed by atoms with van der Waals surface area (Å²) in [6, 6.07) is 9.59. The van der Waals surface area contributed by atoms with Gasteiger partial charge in [0.05, 0.1) is 12.6 Å². The molecule has 1 aromatic carbocycles. The number of methoxy groups -OCH3 is 1. The molecule has 0 aliphatic carbocycles. The number of phenols is 1. The fourth-order valence-corrected chi connectivity index (χ4v) is 2.88. The summed E-state index contributed by atoms with van der Waals surface area (Å²) in [6.45, 7) is 0. The van der Waals surface area contributed by atoms with Crippen LogP contribution in [0.3, 0.4) is 0 Å². The van der Waals surface area contributed by atoms with E-state index >= 15 is 0 Å². The first-order valence-corrected chi connectivity index (χ1v) is 6.97. The molecule has 3 heterocycles. The van der Waals surface area contributed by atoms with Gasteiger partial charge in [0.2, 0.25) is 0 Å². The number of ether oxygens (including phenoxy) is 1. The lowest BCUT2D eigenvalue weighted by molar-refractivity contribution is 0.374. The van der Waals surface area contributed by atoms with Crippen molar-refractivity contribution >= 4 is 21.9 Å². The lowest BCUT2D eigenvalue weighted by Gasteiger charge is -2.04. The first kappa shape index (κ1) is 12.8. The molecule has 0 radical (unpaired) electrons. The molecule has 0 aliphatic rings. The molecule has 0 aliphatic heterocycles. The van der Waals surface area contributed by atoms with Gasteiger partial charge in [-0.15, -0.1) is 0 Å². The first-order chi connectivity index (χ1) is 10.7. The van der Waals surface area contributed by atoms with E-state index in [-0.39, 0.29) is 5.75 Å². The SMILES string of the molecule is COc1cc2c(cc1O)c(-c1cc3cccnc3[nH]1)cn2C. The van der Waals surface area contributed by atoms with E-state index in [1.165, 1.54) is 0 Å². The van der Waals surface area contributed by atoms with Crippen molar-refractivity contribution in [2.24, 2.45) is 7.05 Å². The normalized spacial score (nSPS) is 11.4. The van der Waals surface area contributed by atoms with Crippen LogP contribution in [0.25, 0.3) is 33.2 Å². The minimum absolute atomic E-state index is 0.136. The Hall–Kier alpha value is -2.95. The molecule has 5 nitrogen and oxygen atoms in total. The second-order valence-corrected chi connectivity index (χ2v) is 5.32. The van der Waals surface area contributed by atoms with Crippen LogP contribution in [0.5, 0.6) is 11.5 Å². The molecule has 5 heteroatoms. The second-order valence-electron chi connectivity index (χ2n) is 5.32. The topological polar surface area (TPSA) is 63.1 Å². The van der Waals surface area contributed by atoms with E-state index in [1.54, 1.807) is 19.4 Å². The average Bonchev–Trinajstić information content (AvgIpc) is 3.08. The quantitative estimate of drug-likeness (QED) is 0.595. The molecule has 0 saturated carbocycles. The summed E-state index contributed by atoms with van der Waals surface area (Å²) in [5.74, 6) is 0.607. The second kappa shape index (κ2) is 4.53. The molecule has 4 rings (SSSR count). The van der Waals surface area contributed by atoms with Crippen molar-refractivity contribution < 1.29 is 9.84 Å². The maximum absolute atomic E-state index is 10.1. The number of hydrogen-bond acceptors (Lipinski definition) is 3. The summed E-state index contributed by atoms with van der Waals surface area (Å²) in [6.07, 6.45) is 3.80. The fraction of sp³-hybridized carbons (Fsp3) is 0.118. The number of aromatic nitrogens is 3. The molecular formula is C17H15N3O2. The fourth-order valence-electron chi connectivity index (χ4n) is 2.88. The number of nitrogens with zero attached hydrogens (tertiary/aromatic N) is 2. The number of aryl methyl sites for hydroxylation is 1. The third-order valence-electron chi connectivity index (χ3n) is 3.97. The lowest BCUT2D eigenvalue weighted by Crippen LogP contribution is -1.87. The van der Waals surface area contributed by atoms with Crippen molar-refractivity contribution in [3.05, 3.63) is 42.7 Å². The molecule has 0 atom stereocenters. The largest absolute Gasteiger partial charge is 0.504 e. The minimum atomic E-state index is 0.136. The lowest BCUT2D eigenvalue weighted by atomic mass is 10.1. The maximum atomic E-state index is 10.1. The van der Waals surface area contributed by atoms with Crippen LogP contribution in [0.1, 0.15) is 0 Å². The summed E-state index contributed by atoms with van der Waals surface area (Å²) in [5.41, 5.74) is 3.85. The van der Waals surface area contributed by atoms with E-state index in [0.717, 1.165) is 33.2 Å². The molecule has 110 valence electrons. The van der Waals surface area contributed by atoms with E-state index in [1.807, 2.05) is 36.0 Å². The van der Waals surface area contributed by atoms with E-state index in [2.05, 4.69) is 16.0 Å². The number of phenolic OH excluding ortho intramolecular Hbond substituents is 1. The Morgan fingerprint density at radius 2 is 2.14 bits per heavy atom. The Labute approximate surface area is 126 Å². The predicted octanol–water partition coefficient (Wildman–Crippen LogP) is 3.44. The highest BCUT2D eigenvalue weighted by atomic mass is 16.5. The number of rotatable bonds is 2. The van der Waals surface area contributed by atoms with Crippen molar-refractivity contribution in [1.29, 1.82) is 0 Å². The van der Waals surface area contributed by atoms with Crippen molar-refractivity contribution in [1.82, 2.24) is 14.5 Å². The van der Waals surface area contributed by atoms with E-state index in [9.17, 15) is 5.11 Å². The van der Waals surface area contributed by atoms with Gasteiger partial charge in [0.1, 0.15) is 5.65 Å². The van der Waals surface area contributed by atoms with Gasteiger partial charge in [-0.3, -0.25) is 0 Å². The molecule has 2 N–H and O–H groups in total. The number of aromatic hydroxyl groups is 1. The average molecular weight is 293 g/mol. The summed E-state index contributed by atoms with van der Waals surface area (Å²) in [5, 5.41) is 12.1. The Morgan fingerprint density at radius 3 is 2.91 bits per heavy atom. The molecular weight excluding hydrogens is 278 g/mol. The zero-order valence-corrected chi connectivity index (χ0v) is 12.3. The van der Waals surface area contributed by atoms with Gasteiger partial charge in [0.25, 0.3) is 0 Å². The van der Waals surface area contributed by atoms with Crippen molar-refractivity contribution in [2.75, 3.05) is 7.11 Å². The highest BCUT2D eigenvalue weighted by molar-refractivity contribution is 5.99. The van der Waals surface area contributed by atoms with Crippen LogP contribution in [0.2, 0.25) is 0 Å². The summed E-state index contributed by atoms with van der Waals surface area (Å²) < 4.78 is 7.21. The number of H-pyrrole nitrogens is 1. The number of nitrogens with one attached hydrogen (secondary N) is 1. The van der Waals surface area contributed by atoms with Gasteiger partial charge in [0.15, 0.2) is 11.5 Å². The van der Waals surface area contributed by atoms with Crippen molar-refractivity contribution in [2.45, 2.75) is 0 Å². The molecule has 0 saturated heterocycles. The molecule has 3 aromatic heterocycles.